The van der Waals surface area contributed by atoms with Crippen LogP contribution in [0.5, 0.6) is 0 Å². The van der Waals surface area contributed by atoms with Crippen molar-refractivity contribution >= 4 is 17.4 Å². The van der Waals surface area contributed by atoms with Gasteiger partial charge in [0.2, 0.25) is 0 Å². The van der Waals surface area contributed by atoms with E-state index in [2.05, 4.69) is 6.07 Å². The Bertz CT molecular complexity index is 446. The Hall–Kier alpha value is -1.33. The highest BCUT2D eigenvalue weighted by atomic mass is 35.5. The molecule has 0 amide bonds. The van der Waals surface area contributed by atoms with Crippen molar-refractivity contribution in [1.82, 2.24) is 0 Å². The summed E-state index contributed by atoms with van der Waals surface area (Å²) in [5.74, 6) is -0.689. The Morgan fingerprint density at radius 3 is 2.50 bits per heavy atom. The fraction of sp³-hybridized carbons (Fsp3) is 0.385. The second-order valence-corrected chi connectivity index (χ2v) is 4.59. The van der Waals surface area contributed by atoms with Crippen molar-refractivity contribution in [1.29, 1.82) is 5.26 Å². The van der Waals surface area contributed by atoms with E-state index in [4.69, 9.17) is 16.9 Å². The largest absolute Gasteiger partial charge is 0.293 e. The summed E-state index contributed by atoms with van der Waals surface area (Å²) >= 11 is 5.89. The second-order valence-electron chi connectivity index (χ2n) is 4.18. The molecule has 2 nitrogen and oxygen atoms in total. The molecule has 0 saturated heterocycles. The van der Waals surface area contributed by atoms with Crippen molar-refractivity contribution in [2.45, 2.75) is 20.8 Å². The fourth-order valence-corrected chi connectivity index (χ4v) is 1.61. The highest BCUT2D eigenvalue weighted by molar-refractivity contribution is 6.31. The number of carbonyl (C=O) groups is 1. The minimum atomic E-state index is -0.583. The Morgan fingerprint density at radius 2 is 2.06 bits per heavy atom. The molecule has 3 heteroatoms. The molecule has 0 aliphatic heterocycles. The Labute approximate surface area is 101 Å². The van der Waals surface area contributed by atoms with E-state index < -0.39 is 5.92 Å². The highest BCUT2D eigenvalue weighted by Crippen LogP contribution is 2.21. The van der Waals surface area contributed by atoms with E-state index in [1.165, 1.54) is 0 Å². The monoisotopic (exact) mass is 235 g/mol. The molecule has 84 valence electrons. The summed E-state index contributed by atoms with van der Waals surface area (Å²) in [6, 6.07) is 7.15. The summed E-state index contributed by atoms with van der Waals surface area (Å²) in [6.07, 6.45) is 0. The Balaban J connectivity index is 3.06. The van der Waals surface area contributed by atoms with Crippen LogP contribution >= 0.6 is 11.6 Å². The number of nitrogens with zero attached hydrogens (tertiary/aromatic N) is 1. The highest BCUT2D eigenvalue weighted by Gasteiger charge is 2.23. The molecule has 1 aromatic rings. The number of halogens is 1. The summed E-state index contributed by atoms with van der Waals surface area (Å²) < 4.78 is 0. The molecular weight excluding hydrogens is 222 g/mol. The molecule has 0 radical (unpaired) electrons. The van der Waals surface area contributed by atoms with Gasteiger partial charge in [0.05, 0.1) is 6.07 Å². The van der Waals surface area contributed by atoms with Crippen molar-refractivity contribution in [2.24, 2.45) is 11.8 Å². The van der Waals surface area contributed by atoms with Gasteiger partial charge in [-0.05, 0) is 36.6 Å². The van der Waals surface area contributed by atoms with Gasteiger partial charge in [-0.15, -0.1) is 0 Å². The van der Waals surface area contributed by atoms with Gasteiger partial charge in [-0.1, -0.05) is 25.4 Å². The van der Waals surface area contributed by atoms with Crippen LogP contribution in [0, 0.1) is 30.1 Å². The van der Waals surface area contributed by atoms with E-state index in [1.54, 1.807) is 18.2 Å². The first-order chi connectivity index (χ1) is 7.47. The van der Waals surface area contributed by atoms with Crippen molar-refractivity contribution in [3.63, 3.8) is 0 Å². The third kappa shape index (κ3) is 2.62. The van der Waals surface area contributed by atoms with Crippen molar-refractivity contribution in [2.75, 3.05) is 0 Å². The number of carbonyl (C=O) groups excluding carboxylic acids is 1. The maximum Gasteiger partial charge on any atom is 0.180 e. The van der Waals surface area contributed by atoms with Gasteiger partial charge in [0, 0.05) is 10.6 Å². The van der Waals surface area contributed by atoms with Crippen LogP contribution in [0.1, 0.15) is 29.8 Å². The summed E-state index contributed by atoms with van der Waals surface area (Å²) in [6.45, 7) is 5.58. The number of benzene rings is 1. The van der Waals surface area contributed by atoms with Crippen LogP contribution in [-0.2, 0) is 0 Å². The first kappa shape index (κ1) is 12.7. The summed E-state index contributed by atoms with van der Waals surface area (Å²) in [5, 5.41) is 9.59. The zero-order valence-electron chi connectivity index (χ0n) is 9.62. The van der Waals surface area contributed by atoms with Crippen molar-refractivity contribution in [3.8, 4) is 6.07 Å². The van der Waals surface area contributed by atoms with Gasteiger partial charge in [-0.25, -0.2) is 0 Å². The molecule has 0 aromatic heterocycles. The van der Waals surface area contributed by atoms with Crippen LogP contribution in [-0.4, -0.2) is 5.78 Å². The average Bonchev–Trinajstić information content (AvgIpc) is 2.22. The number of nitriles is 1. The van der Waals surface area contributed by atoms with Crippen LogP contribution < -0.4 is 0 Å². The SMILES string of the molecule is Cc1cc(C(=O)C(C#N)C(C)C)ccc1Cl. The maximum absolute atomic E-state index is 12.0. The van der Waals surface area contributed by atoms with Gasteiger partial charge in [-0.3, -0.25) is 4.79 Å². The fourth-order valence-electron chi connectivity index (χ4n) is 1.49. The molecule has 0 fully saturated rings. The molecule has 0 saturated carbocycles. The number of Topliss-reactive ketones (excluding diaryl/α,β-unsaturated/α-hetero) is 1. The molecule has 1 rings (SSSR count). The second kappa shape index (κ2) is 5.14. The van der Waals surface area contributed by atoms with Gasteiger partial charge >= 0.3 is 0 Å². The number of rotatable bonds is 3. The molecule has 0 spiro atoms. The Morgan fingerprint density at radius 1 is 1.44 bits per heavy atom. The lowest BCUT2D eigenvalue weighted by molar-refractivity contribution is 0.0924. The first-order valence-electron chi connectivity index (χ1n) is 5.17. The lowest BCUT2D eigenvalue weighted by atomic mass is 9.89. The topological polar surface area (TPSA) is 40.9 Å². The predicted octanol–water partition coefficient (Wildman–Crippen LogP) is 3.63. The van der Waals surface area contributed by atoms with E-state index in [9.17, 15) is 4.79 Å². The summed E-state index contributed by atoms with van der Waals surface area (Å²) in [7, 11) is 0. The van der Waals surface area contributed by atoms with Gasteiger partial charge in [0.15, 0.2) is 5.78 Å². The van der Waals surface area contributed by atoms with Gasteiger partial charge < -0.3 is 0 Å². The Kier molecular flexibility index (Phi) is 4.09. The predicted molar refractivity (Wildman–Crippen MR) is 64.5 cm³/mol. The average molecular weight is 236 g/mol. The minimum Gasteiger partial charge on any atom is -0.293 e. The first-order valence-corrected chi connectivity index (χ1v) is 5.55. The maximum atomic E-state index is 12.0. The number of aryl methyl sites for hydroxylation is 1. The van der Waals surface area contributed by atoms with Gasteiger partial charge in [-0.2, -0.15) is 5.26 Å². The quantitative estimate of drug-likeness (QED) is 0.751. The molecule has 1 aromatic carbocycles. The molecule has 1 atom stereocenters. The van der Waals surface area contributed by atoms with E-state index in [-0.39, 0.29) is 11.7 Å². The van der Waals surface area contributed by atoms with Gasteiger partial charge in [0.1, 0.15) is 5.92 Å². The van der Waals surface area contributed by atoms with Crippen molar-refractivity contribution < 1.29 is 4.79 Å². The number of hydrogen-bond acceptors (Lipinski definition) is 2. The summed E-state index contributed by atoms with van der Waals surface area (Å²) in [5.41, 5.74) is 1.41. The molecule has 0 aliphatic carbocycles. The van der Waals surface area contributed by atoms with Crippen LogP contribution in [0.15, 0.2) is 18.2 Å². The molecule has 16 heavy (non-hydrogen) atoms. The molecule has 0 aliphatic rings. The van der Waals surface area contributed by atoms with E-state index in [0.717, 1.165) is 5.56 Å². The normalized spacial score (nSPS) is 12.2. The summed E-state index contributed by atoms with van der Waals surface area (Å²) in [4.78, 5) is 12.0. The van der Waals surface area contributed by atoms with Crippen LogP contribution in [0.25, 0.3) is 0 Å². The molecule has 1 unspecified atom stereocenters. The zero-order valence-corrected chi connectivity index (χ0v) is 10.4. The third-order valence-electron chi connectivity index (χ3n) is 2.53. The molecular formula is C13H14ClNO. The van der Waals surface area contributed by atoms with Crippen LogP contribution in [0.2, 0.25) is 5.02 Å². The zero-order chi connectivity index (χ0) is 12.3. The van der Waals surface area contributed by atoms with Crippen LogP contribution in [0.4, 0.5) is 0 Å². The molecule has 0 N–H and O–H groups in total. The van der Waals surface area contributed by atoms with E-state index in [0.29, 0.717) is 10.6 Å². The van der Waals surface area contributed by atoms with Gasteiger partial charge in [0.25, 0.3) is 0 Å². The molecule has 0 heterocycles. The molecule has 0 bridgehead atoms. The van der Waals surface area contributed by atoms with Crippen LogP contribution in [0.3, 0.4) is 0 Å². The number of hydrogen-bond donors (Lipinski definition) is 0. The minimum absolute atomic E-state index is 0.0217. The lowest BCUT2D eigenvalue weighted by Gasteiger charge is -2.12. The lowest BCUT2D eigenvalue weighted by Crippen LogP contribution is -2.18. The standard InChI is InChI=1S/C13H14ClNO/c1-8(2)11(7-15)13(16)10-4-5-12(14)9(3)6-10/h4-6,8,11H,1-3H3. The van der Waals surface area contributed by atoms with E-state index in [1.807, 2.05) is 20.8 Å². The smallest absolute Gasteiger partial charge is 0.180 e. The third-order valence-corrected chi connectivity index (χ3v) is 2.95. The van der Waals surface area contributed by atoms with E-state index >= 15 is 0 Å². The number of ketones is 1. The van der Waals surface area contributed by atoms with Crippen molar-refractivity contribution in [3.05, 3.63) is 34.3 Å².